The van der Waals surface area contributed by atoms with Crippen LogP contribution in [0.1, 0.15) is 16.7 Å². The molecule has 0 unspecified atom stereocenters. The van der Waals surface area contributed by atoms with Crippen LogP contribution >= 0.6 is 22.9 Å². The van der Waals surface area contributed by atoms with Crippen molar-refractivity contribution in [1.29, 1.82) is 0 Å². The highest BCUT2D eigenvalue weighted by Gasteiger charge is 2.39. The monoisotopic (exact) mass is 446 g/mol. The topological polar surface area (TPSA) is 66.5 Å². The van der Waals surface area contributed by atoms with Gasteiger partial charge in [0.1, 0.15) is 10.3 Å². The van der Waals surface area contributed by atoms with Crippen LogP contribution < -0.4 is 5.32 Å². The summed E-state index contributed by atoms with van der Waals surface area (Å²) in [6.07, 6.45) is 0.329. The van der Waals surface area contributed by atoms with Gasteiger partial charge in [0.25, 0.3) is 10.0 Å². The molecule has 0 saturated heterocycles. The molecule has 150 valence electrons. The standard InChI is InChI=1S/C21H19ClN2O3S2/c22-18-9-4-3-7-16(18)13-23-21(25)19-12-15-6-1-2-8-17(15)14-24(19)29(26,27)20-10-5-11-28-20/h1-11,19H,12-14H2,(H,23,25)/t19-/m1/s1. The molecular weight excluding hydrogens is 428 g/mol. The molecule has 1 amide bonds. The van der Waals surface area contributed by atoms with E-state index in [9.17, 15) is 13.2 Å². The van der Waals surface area contributed by atoms with Gasteiger partial charge in [-0.15, -0.1) is 11.3 Å². The summed E-state index contributed by atoms with van der Waals surface area (Å²) in [6, 6.07) is 17.3. The third-order valence-corrected chi connectivity index (χ3v) is 8.57. The van der Waals surface area contributed by atoms with Crippen LogP contribution in [0.2, 0.25) is 5.02 Å². The Morgan fingerprint density at radius 3 is 2.52 bits per heavy atom. The quantitative estimate of drug-likeness (QED) is 0.647. The molecule has 8 heteroatoms. The molecule has 1 N–H and O–H groups in total. The van der Waals surface area contributed by atoms with Gasteiger partial charge < -0.3 is 5.32 Å². The SMILES string of the molecule is O=C(NCc1ccccc1Cl)[C@H]1Cc2ccccc2CN1S(=O)(=O)c1cccs1. The molecule has 4 rings (SSSR count). The van der Waals surface area contributed by atoms with Crippen molar-refractivity contribution >= 4 is 38.9 Å². The first-order valence-corrected chi connectivity index (χ1v) is 11.8. The summed E-state index contributed by atoms with van der Waals surface area (Å²) in [5.74, 6) is -0.334. The number of hydrogen-bond acceptors (Lipinski definition) is 4. The van der Waals surface area contributed by atoms with Gasteiger partial charge in [-0.1, -0.05) is 60.1 Å². The molecule has 1 aliphatic heterocycles. The van der Waals surface area contributed by atoms with Crippen LogP contribution in [0.15, 0.2) is 70.3 Å². The lowest BCUT2D eigenvalue weighted by Gasteiger charge is -2.34. The van der Waals surface area contributed by atoms with E-state index in [0.29, 0.717) is 11.4 Å². The number of nitrogens with one attached hydrogen (secondary N) is 1. The molecule has 0 radical (unpaired) electrons. The van der Waals surface area contributed by atoms with E-state index in [1.807, 2.05) is 42.5 Å². The third-order valence-electron chi connectivity index (χ3n) is 4.98. The molecule has 0 fully saturated rings. The highest BCUT2D eigenvalue weighted by molar-refractivity contribution is 7.91. The number of rotatable bonds is 5. The van der Waals surface area contributed by atoms with Gasteiger partial charge in [0, 0.05) is 18.1 Å². The Labute approximate surface area is 179 Å². The van der Waals surface area contributed by atoms with Gasteiger partial charge in [0.2, 0.25) is 5.91 Å². The maximum absolute atomic E-state index is 13.2. The van der Waals surface area contributed by atoms with Gasteiger partial charge in [0.15, 0.2) is 0 Å². The van der Waals surface area contributed by atoms with Gasteiger partial charge in [0.05, 0.1) is 0 Å². The van der Waals surface area contributed by atoms with Crippen molar-refractivity contribution in [1.82, 2.24) is 9.62 Å². The van der Waals surface area contributed by atoms with E-state index in [-0.39, 0.29) is 23.2 Å². The van der Waals surface area contributed by atoms with Gasteiger partial charge in [-0.3, -0.25) is 4.79 Å². The molecule has 1 aliphatic rings. The first-order valence-electron chi connectivity index (χ1n) is 9.10. The lowest BCUT2D eigenvalue weighted by Crippen LogP contribution is -2.52. The van der Waals surface area contributed by atoms with Crippen LogP contribution in [0, 0.1) is 0 Å². The van der Waals surface area contributed by atoms with Crippen molar-refractivity contribution < 1.29 is 13.2 Å². The second-order valence-electron chi connectivity index (χ2n) is 6.78. The number of amides is 1. The van der Waals surface area contributed by atoms with E-state index in [2.05, 4.69) is 5.32 Å². The number of benzene rings is 2. The number of thiophene rings is 1. The minimum absolute atomic E-state index is 0.167. The maximum atomic E-state index is 13.2. The Bertz CT molecular complexity index is 1130. The molecule has 5 nitrogen and oxygen atoms in total. The number of nitrogens with zero attached hydrogens (tertiary/aromatic N) is 1. The van der Waals surface area contributed by atoms with Crippen molar-refractivity contribution in [3.05, 3.63) is 87.8 Å². The average molecular weight is 447 g/mol. The molecule has 3 aromatic rings. The zero-order chi connectivity index (χ0) is 20.4. The fraction of sp³-hybridized carbons (Fsp3) is 0.190. The molecule has 0 aliphatic carbocycles. The number of fused-ring (bicyclic) bond motifs is 1. The lowest BCUT2D eigenvalue weighted by molar-refractivity contribution is -0.125. The summed E-state index contributed by atoms with van der Waals surface area (Å²) < 4.78 is 28.0. The number of carbonyl (C=O) groups excluding carboxylic acids is 1. The normalized spacial score (nSPS) is 16.9. The fourth-order valence-electron chi connectivity index (χ4n) is 3.44. The first kappa shape index (κ1) is 20.1. The maximum Gasteiger partial charge on any atom is 0.253 e. The highest BCUT2D eigenvalue weighted by Crippen LogP contribution is 2.31. The zero-order valence-electron chi connectivity index (χ0n) is 15.4. The molecule has 2 aromatic carbocycles. The Morgan fingerprint density at radius 2 is 1.79 bits per heavy atom. The molecule has 2 heterocycles. The molecule has 0 bridgehead atoms. The number of halogens is 1. The molecule has 29 heavy (non-hydrogen) atoms. The van der Waals surface area contributed by atoms with E-state index in [1.54, 1.807) is 23.6 Å². The fourth-order valence-corrected chi connectivity index (χ4v) is 6.33. The van der Waals surface area contributed by atoms with Crippen molar-refractivity contribution in [2.45, 2.75) is 29.8 Å². The van der Waals surface area contributed by atoms with E-state index >= 15 is 0 Å². The van der Waals surface area contributed by atoms with Crippen LogP contribution in [-0.4, -0.2) is 24.7 Å². The van der Waals surface area contributed by atoms with Gasteiger partial charge in [-0.25, -0.2) is 8.42 Å². The first-order chi connectivity index (χ1) is 14.0. The van der Waals surface area contributed by atoms with Crippen molar-refractivity contribution in [3.8, 4) is 0 Å². The molecular formula is C21H19ClN2O3S2. The van der Waals surface area contributed by atoms with Crippen molar-refractivity contribution in [3.63, 3.8) is 0 Å². The summed E-state index contributed by atoms with van der Waals surface area (Å²) in [5.41, 5.74) is 2.69. The number of sulfonamides is 1. The Hall–Kier alpha value is -2.19. The van der Waals surface area contributed by atoms with Crippen LogP contribution in [0.4, 0.5) is 0 Å². The summed E-state index contributed by atoms with van der Waals surface area (Å²) in [4.78, 5) is 13.1. The van der Waals surface area contributed by atoms with E-state index in [1.165, 1.54) is 4.31 Å². The minimum Gasteiger partial charge on any atom is -0.351 e. The largest absolute Gasteiger partial charge is 0.351 e. The second kappa shape index (κ2) is 8.28. The van der Waals surface area contributed by atoms with Gasteiger partial charge in [-0.2, -0.15) is 4.31 Å². The molecule has 1 atom stereocenters. The van der Waals surface area contributed by atoms with Gasteiger partial charge in [-0.05, 0) is 40.6 Å². The summed E-state index contributed by atoms with van der Waals surface area (Å²) in [5, 5.41) is 5.14. The highest BCUT2D eigenvalue weighted by atomic mass is 35.5. The van der Waals surface area contributed by atoms with Crippen LogP contribution in [-0.2, 0) is 34.3 Å². The van der Waals surface area contributed by atoms with E-state index < -0.39 is 16.1 Å². The Morgan fingerprint density at radius 1 is 1.07 bits per heavy atom. The molecule has 1 aromatic heterocycles. The zero-order valence-corrected chi connectivity index (χ0v) is 17.8. The predicted octanol–water partition coefficient (Wildman–Crippen LogP) is 3.83. The summed E-state index contributed by atoms with van der Waals surface area (Å²) >= 11 is 7.32. The number of carbonyl (C=O) groups is 1. The molecule has 0 spiro atoms. The smallest absolute Gasteiger partial charge is 0.253 e. The van der Waals surface area contributed by atoms with Crippen LogP contribution in [0.25, 0.3) is 0 Å². The predicted molar refractivity (Wildman–Crippen MR) is 114 cm³/mol. The second-order valence-corrected chi connectivity index (χ2v) is 10.3. The third kappa shape index (κ3) is 4.09. The van der Waals surface area contributed by atoms with E-state index in [4.69, 9.17) is 11.6 Å². The average Bonchev–Trinajstić information content (AvgIpc) is 3.28. The van der Waals surface area contributed by atoms with Crippen molar-refractivity contribution in [2.24, 2.45) is 0 Å². The minimum atomic E-state index is -3.78. The van der Waals surface area contributed by atoms with Crippen LogP contribution in [0.3, 0.4) is 0 Å². The van der Waals surface area contributed by atoms with Crippen molar-refractivity contribution in [2.75, 3.05) is 0 Å². The Balaban J connectivity index is 1.63. The molecule has 0 saturated carbocycles. The van der Waals surface area contributed by atoms with Gasteiger partial charge >= 0.3 is 0 Å². The summed E-state index contributed by atoms with van der Waals surface area (Å²) in [7, 11) is -3.78. The summed E-state index contributed by atoms with van der Waals surface area (Å²) in [6.45, 7) is 0.407. The van der Waals surface area contributed by atoms with Crippen LogP contribution in [0.5, 0.6) is 0 Å². The number of hydrogen-bond donors (Lipinski definition) is 1. The van der Waals surface area contributed by atoms with E-state index in [0.717, 1.165) is 28.0 Å². The Kier molecular flexibility index (Phi) is 5.74. The lowest BCUT2D eigenvalue weighted by atomic mass is 9.95.